The molecule has 0 bridgehead atoms. The summed E-state index contributed by atoms with van der Waals surface area (Å²) in [6.45, 7) is 3.26. The van der Waals surface area contributed by atoms with Gasteiger partial charge in [-0.2, -0.15) is 4.31 Å². The second kappa shape index (κ2) is 9.17. The van der Waals surface area contributed by atoms with Gasteiger partial charge in [-0.25, -0.2) is 21.1 Å². The molecule has 2 aliphatic heterocycles. The Morgan fingerprint density at radius 2 is 1.58 bits per heavy atom. The number of rotatable bonds is 5. The predicted molar refractivity (Wildman–Crippen MR) is 127 cm³/mol. The van der Waals surface area contributed by atoms with Crippen LogP contribution in [0, 0.1) is 12.8 Å². The first-order chi connectivity index (χ1) is 15.5. The lowest BCUT2D eigenvalue weighted by molar-refractivity contribution is -0.120. The Bertz CT molecular complexity index is 1250. The average Bonchev–Trinajstić information content (AvgIpc) is 2.78. The van der Waals surface area contributed by atoms with Crippen LogP contribution in [0.5, 0.6) is 0 Å². The number of carbonyl (C=O) groups is 1. The molecular weight excluding hydrogens is 462 g/mol. The van der Waals surface area contributed by atoms with E-state index in [2.05, 4.69) is 5.32 Å². The third-order valence-corrected chi connectivity index (χ3v) is 9.57. The molecule has 8 nitrogen and oxygen atoms in total. The Balaban J connectivity index is 1.44. The van der Waals surface area contributed by atoms with Crippen molar-refractivity contribution < 1.29 is 21.6 Å². The van der Waals surface area contributed by atoms with Crippen molar-refractivity contribution in [1.82, 2.24) is 8.61 Å². The lowest BCUT2D eigenvalue weighted by Gasteiger charge is -2.30. The monoisotopic (exact) mass is 491 g/mol. The molecule has 2 heterocycles. The summed E-state index contributed by atoms with van der Waals surface area (Å²) < 4.78 is 52.4. The molecule has 10 heteroatoms. The van der Waals surface area contributed by atoms with Crippen molar-refractivity contribution in [2.24, 2.45) is 5.92 Å². The van der Waals surface area contributed by atoms with E-state index in [-0.39, 0.29) is 23.3 Å². The van der Waals surface area contributed by atoms with Gasteiger partial charge in [0.25, 0.3) is 0 Å². The summed E-state index contributed by atoms with van der Waals surface area (Å²) in [5, 5.41) is 2.93. The van der Waals surface area contributed by atoms with Crippen LogP contribution in [0.3, 0.4) is 0 Å². The number of nitrogens with zero attached hydrogens (tertiary/aromatic N) is 2. The summed E-state index contributed by atoms with van der Waals surface area (Å²) in [5.41, 5.74) is 3.57. The van der Waals surface area contributed by atoms with E-state index in [0.717, 1.165) is 16.7 Å². The molecule has 2 aromatic rings. The first kappa shape index (κ1) is 23.9. The zero-order chi connectivity index (χ0) is 23.8. The molecular formula is C23H29N3O5S2. The zero-order valence-electron chi connectivity index (χ0n) is 18.8. The van der Waals surface area contributed by atoms with Crippen LogP contribution in [0.1, 0.15) is 29.5 Å². The van der Waals surface area contributed by atoms with E-state index < -0.39 is 20.0 Å². The zero-order valence-corrected chi connectivity index (χ0v) is 20.5. The summed E-state index contributed by atoms with van der Waals surface area (Å²) in [7, 11) is -6.84. The minimum atomic E-state index is -3.60. The largest absolute Gasteiger partial charge is 0.326 e. The van der Waals surface area contributed by atoms with Gasteiger partial charge in [-0.1, -0.05) is 23.8 Å². The van der Waals surface area contributed by atoms with Gasteiger partial charge in [0.2, 0.25) is 26.0 Å². The molecule has 4 rings (SSSR count). The number of benzene rings is 2. The molecule has 1 N–H and O–H groups in total. The van der Waals surface area contributed by atoms with Crippen LogP contribution in [0.25, 0.3) is 0 Å². The third kappa shape index (κ3) is 5.29. The standard InChI is InChI=1S/C23H29N3O5S2/c1-17-3-7-22(8-4-17)33(30,31)26-14-9-18-5-6-21(15-20(18)16-26)24-23(27)19-10-12-25(13-11-19)32(2,28)29/h3-8,15,19H,9-14,16H2,1-2H3,(H,24,27). The molecule has 0 radical (unpaired) electrons. The van der Waals surface area contributed by atoms with Gasteiger partial charge in [-0.15, -0.1) is 0 Å². The molecule has 0 atom stereocenters. The SMILES string of the molecule is Cc1ccc(S(=O)(=O)N2CCc3ccc(NC(=O)C4CCN(S(C)(=O)=O)CC4)cc3C2)cc1. The molecule has 178 valence electrons. The van der Waals surface area contributed by atoms with E-state index in [0.29, 0.717) is 44.6 Å². The molecule has 1 fully saturated rings. The number of anilines is 1. The topological polar surface area (TPSA) is 104 Å². The van der Waals surface area contributed by atoms with Crippen molar-refractivity contribution in [2.45, 2.75) is 37.6 Å². The van der Waals surface area contributed by atoms with Gasteiger partial charge in [0.05, 0.1) is 11.2 Å². The molecule has 2 aromatic carbocycles. The molecule has 0 aromatic heterocycles. The van der Waals surface area contributed by atoms with E-state index in [4.69, 9.17) is 0 Å². The van der Waals surface area contributed by atoms with Crippen LogP contribution in [-0.4, -0.2) is 57.2 Å². The molecule has 1 amide bonds. The van der Waals surface area contributed by atoms with E-state index in [1.54, 1.807) is 24.3 Å². The van der Waals surface area contributed by atoms with Crippen LogP contribution in [0.4, 0.5) is 5.69 Å². The number of fused-ring (bicyclic) bond motifs is 1. The minimum Gasteiger partial charge on any atom is -0.326 e. The molecule has 33 heavy (non-hydrogen) atoms. The number of hydrogen-bond donors (Lipinski definition) is 1. The predicted octanol–water partition coefficient (Wildman–Crippen LogP) is 2.35. The summed E-state index contributed by atoms with van der Waals surface area (Å²) in [6, 6.07) is 12.5. The summed E-state index contributed by atoms with van der Waals surface area (Å²) in [5.74, 6) is -0.388. The van der Waals surface area contributed by atoms with Crippen molar-refractivity contribution in [3.8, 4) is 0 Å². The van der Waals surface area contributed by atoms with Crippen LogP contribution in [0.15, 0.2) is 47.4 Å². The van der Waals surface area contributed by atoms with Crippen LogP contribution >= 0.6 is 0 Å². The Hall–Kier alpha value is -2.27. The second-order valence-corrected chi connectivity index (χ2v) is 12.7. The Morgan fingerprint density at radius 3 is 2.21 bits per heavy atom. The van der Waals surface area contributed by atoms with E-state index >= 15 is 0 Å². The Labute approximate surface area is 195 Å². The minimum absolute atomic E-state index is 0.136. The van der Waals surface area contributed by atoms with Gasteiger partial charge >= 0.3 is 0 Å². The van der Waals surface area contributed by atoms with Crippen LogP contribution < -0.4 is 5.32 Å². The maximum atomic E-state index is 13.1. The van der Waals surface area contributed by atoms with Gasteiger partial charge in [-0.3, -0.25) is 4.79 Å². The summed E-state index contributed by atoms with van der Waals surface area (Å²) in [4.78, 5) is 13.0. The van der Waals surface area contributed by atoms with Crippen molar-refractivity contribution in [1.29, 1.82) is 0 Å². The van der Waals surface area contributed by atoms with Gasteiger partial charge < -0.3 is 5.32 Å². The van der Waals surface area contributed by atoms with Crippen molar-refractivity contribution in [2.75, 3.05) is 31.2 Å². The highest BCUT2D eigenvalue weighted by molar-refractivity contribution is 7.89. The quantitative estimate of drug-likeness (QED) is 0.692. The fraction of sp³-hybridized carbons (Fsp3) is 0.435. The van der Waals surface area contributed by atoms with Crippen LogP contribution in [-0.2, 0) is 37.8 Å². The second-order valence-electron chi connectivity index (χ2n) is 8.81. The number of nitrogens with one attached hydrogen (secondary N) is 1. The maximum absolute atomic E-state index is 13.1. The van der Waals surface area contributed by atoms with Crippen molar-refractivity contribution >= 4 is 31.6 Å². The highest BCUT2D eigenvalue weighted by Crippen LogP contribution is 2.28. The number of sulfonamides is 2. The number of hydrogen-bond acceptors (Lipinski definition) is 5. The molecule has 2 aliphatic rings. The van der Waals surface area contributed by atoms with Gasteiger partial charge in [0.1, 0.15) is 0 Å². The number of carbonyl (C=O) groups excluding carboxylic acids is 1. The molecule has 0 spiro atoms. The molecule has 0 unspecified atom stereocenters. The molecule has 1 saturated heterocycles. The third-order valence-electron chi connectivity index (χ3n) is 6.40. The fourth-order valence-electron chi connectivity index (χ4n) is 4.37. The first-order valence-electron chi connectivity index (χ1n) is 11.0. The van der Waals surface area contributed by atoms with Crippen molar-refractivity contribution in [3.63, 3.8) is 0 Å². The highest BCUT2D eigenvalue weighted by Gasteiger charge is 2.30. The number of amides is 1. The fourth-order valence-corrected chi connectivity index (χ4v) is 6.66. The van der Waals surface area contributed by atoms with Gasteiger partial charge in [-0.05, 0) is 61.6 Å². The van der Waals surface area contributed by atoms with E-state index in [1.807, 2.05) is 25.1 Å². The Morgan fingerprint density at radius 1 is 0.909 bits per heavy atom. The normalized spacial score (nSPS) is 18.6. The summed E-state index contributed by atoms with van der Waals surface area (Å²) >= 11 is 0. The number of aryl methyl sites for hydroxylation is 1. The lowest BCUT2D eigenvalue weighted by atomic mass is 9.96. The Kier molecular flexibility index (Phi) is 6.63. The highest BCUT2D eigenvalue weighted by atomic mass is 32.2. The van der Waals surface area contributed by atoms with Gasteiger partial charge in [0.15, 0.2) is 0 Å². The van der Waals surface area contributed by atoms with Gasteiger partial charge in [0, 0.05) is 37.8 Å². The maximum Gasteiger partial charge on any atom is 0.243 e. The molecule has 0 saturated carbocycles. The van der Waals surface area contributed by atoms with E-state index in [9.17, 15) is 21.6 Å². The molecule has 0 aliphatic carbocycles. The van der Waals surface area contributed by atoms with Crippen LogP contribution in [0.2, 0.25) is 0 Å². The average molecular weight is 492 g/mol. The van der Waals surface area contributed by atoms with E-state index in [1.165, 1.54) is 14.9 Å². The smallest absolute Gasteiger partial charge is 0.243 e. The number of piperidine rings is 1. The summed E-state index contributed by atoms with van der Waals surface area (Å²) in [6.07, 6.45) is 2.75. The lowest BCUT2D eigenvalue weighted by Crippen LogP contribution is -2.40. The van der Waals surface area contributed by atoms with Crippen molar-refractivity contribution in [3.05, 3.63) is 59.2 Å². The first-order valence-corrected chi connectivity index (χ1v) is 14.3.